The Morgan fingerprint density at radius 1 is 2.00 bits per heavy atom. The highest BCUT2D eigenvalue weighted by atomic mass is 32.2. The van der Waals surface area contributed by atoms with Crippen molar-refractivity contribution in [1.29, 1.82) is 10.7 Å². The monoisotopic (exact) mass is 156 g/mol. The molecule has 2 N–H and O–H groups in total. The molecule has 4 nitrogen and oxygen atoms in total. The second kappa shape index (κ2) is 6.11. The first-order valence-electron chi connectivity index (χ1n) is 2.58. The minimum Gasteiger partial charge on any atom is -0.312 e. The number of nitrogens with zero attached hydrogens (tertiary/aromatic N) is 2. The Morgan fingerprint density at radius 3 is 3.10 bits per heavy atom. The summed E-state index contributed by atoms with van der Waals surface area (Å²) in [6.07, 6.45) is 3.01. The topological polar surface area (TPSA) is 72.0 Å². The molecule has 10 heavy (non-hydrogen) atoms. The van der Waals surface area contributed by atoms with Crippen molar-refractivity contribution in [2.75, 3.05) is 12.8 Å². The first kappa shape index (κ1) is 8.98. The third-order valence-electron chi connectivity index (χ3n) is 0.669. The maximum Gasteiger partial charge on any atom is 0.183 e. The maximum atomic E-state index is 8.15. The van der Waals surface area contributed by atoms with Gasteiger partial charge in [-0.3, -0.25) is 10.3 Å². The average molecular weight is 156 g/mol. The highest BCUT2D eigenvalue weighted by Gasteiger charge is 1.93. The molecule has 0 aliphatic rings. The normalized spacial score (nSPS) is 10.2. The van der Waals surface area contributed by atoms with Crippen LogP contribution < -0.4 is 5.32 Å². The Kier molecular flexibility index (Phi) is 5.48. The van der Waals surface area contributed by atoms with Crippen LogP contribution in [-0.4, -0.2) is 24.2 Å². The lowest BCUT2D eigenvalue weighted by Gasteiger charge is -1.96. The third kappa shape index (κ3) is 3.92. The molecular weight excluding hydrogens is 148 g/mol. The van der Waals surface area contributed by atoms with Gasteiger partial charge < -0.3 is 5.41 Å². The number of amidine groups is 1. The number of hydrogen-bond acceptors (Lipinski definition) is 4. The van der Waals surface area contributed by atoms with E-state index in [2.05, 4.69) is 10.3 Å². The van der Waals surface area contributed by atoms with E-state index in [0.29, 0.717) is 10.9 Å². The molecule has 0 aromatic heterocycles. The summed E-state index contributed by atoms with van der Waals surface area (Å²) in [5.41, 5.74) is 0. The van der Waals surface area contributed by atoms with Crippen LogP contribution in [-0.2, 0) is 0 Å². The van der Waals surface area contributed by atoms with Crippen LogP contribution in [0.2, 0.25) is 0 Å². The number of hydrogen-bond donors (Lipinski definition) is 2. The molecule has 0 aromatic carbocycles. The van der Waals surface area contributed by atoms with E-state index in [9.17, 15) is 0 Å². The number of nitriles is 1. The summed E-state index contributed by atoms with van der Waals surface area (Å²) < 4.78 is 0. The van der Waals surface area contributed by atoms with E-state index < -0.39 is 0 Å². The summed E-state index contributed by atoms with van der Waals surface area (Å²) in [7, 11) is 1.59. The first-order chi connectivity index (χ1) is 4.85. The van der Waals surface area contributed by atoms with Crippen LogP contribution in [0, 0.1) is 16.9 Å². The summed E-state index contributed by atoms with van der Waals surface area (Å²) in [6, 6.07) is 0. The zero-order valence-corrected chi connectivity index (χ0v) is 6.40. The predicted octanol–water partition coefficient (Wildman–Crippen LogP) is 0.426. The fraction of sp³-hybridized carbons (Fsp3) is 0.400. The third-order valence-corrected chi connectivity index (χ3v) is 1.56. The van der Waals surface area contributed by atoms with Crippen molar-refractivity contribution >= 4 is 23.1 Å². The van der Waals surface area contributed by atoms with Gasteiger partial charge in [-0.1, -0.05) is 11.8 Å². The molecule has 0 rings (SSSR count). The average Bonchev–Trinajstić information content (AvgIpc) is 1.98. The van der Waals surface area contributed by atoms with Gasteiger partial charge in [0.1, 0.15) is 0 Å². The van der Waals surface area contributed by atoms with Gasteiger partial charge in [0.25, 0.3) is 0 Å². The van der Waals surface area contributed by atoms with Crippen LogP contribution in [0.1, 0.15) is 0 Å². The minimum absolute atomic E-state index is 0.543. The highest BCUT2D eigenvalue weighted by Crippen LogP contribution is 1.97. The van der Waals surface area contributed by atoms with Crippen molar-refractivity contribution in [2.45, 2.75) is 0 Å². The van der Waals surface area contributed by atoms with Crippen molar-refractivity contribution in [3.8, 4) is 6.19 Å². The molecule has 0 radical (unpaired) electrons. The second-order valence-corrected chi connectivity index (χ2v) is 2.29. The Bertz CT molecular complexity index is 169. The number of thioether (sulfide) groups is 1. The summed E-state index contributed by atoms with van der Waals surface area (Å²) >= 11 is 1.32. The minimum atomic E-state index is 0.543. The molecule has 0 aliphatic carbocycles. The van der Waals surface area contributed by atoms with Gasteiger partial charge >= 0.3 is 0 Å². The highest BCUT2D eigenvalue weighted by molar-refractivity contribution is 8.14. The summed E-state index contributed by atoms with van der Waals surface area (Å²) in [4.78, 5) is 3.76. The van der Waals surface area contributed by atoms with Gasteiger partial charge in [0.2, 0.25) is 0 Å². The Hall–Kier alpha value is -1.02. The lowest BCUT2D eigenvalue weighted by atomic mass is 10.9. The molecule has 0 bridgehead atoms. The van der Waals surface area contributed by atoms with Crippen LogP contribution in [0.25, 0.3) is 0 Å². The molecule has 0 spiro atoms. The molecule has 5 heteroatoms. The van der Waals surface area contributed by atoms with Crippen molar-refractivity contribution in [3.05, 3.63) is 0 Å². The quantitative estimate of drug-likeness (QED) is 0.263. The zero-order chi connectivity index (χ0) is 7.82. The van der Waals surface area contributed by atoms with Gasteiger partial charge in [-0.05, 0) is 0 Å². The molecule has 0 unspecified atom stereocenters. The van der Waals surface area contributed by atoms with Gasteiger partial charge in [-0.25, -0.2) is 0 Å². The Labute approximate surface area is 63.8 Å². The van der Waals surface area contributed by atoms with Crippen LogP contribution in [0.5, 0.6) is 0 Å². The smallest absolute Gasteiger partial charge is 0.183 e. The summed E-state index contributed by atoms with van der Waals surface area (Å²) in [5.74, 6) is 0.543. The van der Waals surface area contributed by atoms with Crippen LogP contribution in [0.3, 0.4) is 0 Å². The first-order valence-corrected chi connectivity index (χ1v) is 3.57. The summed E-state index contributed by atoms with van der Waals surface area (Å²) in [6.45, 7) is 0. The van der Waals surface area contributed by atoms with E-state index in [1.54, 1.807) is 13.2 Å². The standard InChI is InChI=1S/C5H8N4S/c1-8-5(9-4-7)10-3-2-6/h2,6H,3H2,1H3,(H,8,9). The molecule has 0 amide bonds. The fourth-order valence-corrected chi connectivity index (χ4v) is 0.813. The number of nitrogens with one attached hydrogen (secondary N) is 2. The summed E-state index contributed by atoms with van der Waals surface area (Å²) in [5, 5.41) is 17.8. The van der Waals surface area contributed by atoms with E-state index in [1.807, 2.05) is 0 Å². The lowest BCUT2D eigenvalue weighted by molar-refractivity contribution is 1.26. The van der Waals surface area contributed by atoms with Crippen LogP contribution in [0.15, 0.2) is 4.99 Å². The Balaban J connectivity index is 3.64. The molecule has 0 heterocycles. The van der Waals surface area contributed by atoms with Crippen LogP contribution in [0.4, 0.5) is 0 Å². The van der Waals surface area contributed by atoms with Gasteiger partial charge in [0.15, 0.2) is 11.4 Å². The van der Waals surface area contributed by atoms with Gasteiger partial charge in [-0.15, -0.1) is 0 Å². The van der Waals surface area contributed by atoms with E-state index in [1.165, 1.54) is 18.0 Å². The van der Waals surface area contributed by atoms with Crippen molar-refractivity contribution in [3.63, 3.8) is 0 Å². The van der Waals surface area contributed by atoms with Crippen molar-refractivity contribution < 1.29 is 0 Å². The van der Waals surface area contributed by atoms with Gasteiger partial charge in [0, 0.05) is 19.0 Å². The van der Waals surface area contributed by atoms with E-state index in [4.69, 9.17) is 10.7 Å². The number of rotatable bonds is 2. The molecule has 0 aliphatic heterocycles. The van der Waals surface area contributed by atoms with Crippen molar-refractivity contribution in [2.24, 2.45) is 4.99 Å². The Morgan fingerprint density at radius 2 is 2.70 bits per heavy atom. The molecule has 0 atom stereocenters. The predicted molar refractivity (Wildman–Crippen MR) is 43.3 cm³/mol. The van der Waals surface area contributed by atoms with E-state index in [0.717, 1.165) is 0 Å². The van der Waals surface area contributed by atoms with Crippen molar-refractivity contribution in [1.82, 2.24) is 5.32 Å². The van der Waals surface area contributed by atoms with E-state index >= 15 is 0 Å². The van der Waals surface area contributed by atoms with Gasteiger partial charge in [-0.2, -0.15) is 5.26 Å². The van der Waals surface area contributed by atoms with E-state index in [-0.39, 0.29) is 0 Å². The lowest BCUT2D eigenvalue weighted by Crippen LogP contribution is -2.13. The molecule has 54 valence electrons. The molecule has 0 aromatic rings. The fourth-order valence-electron chi connectivity index (χ4n) is 0.325. The molecular formula is C5H8N4S. The van der Waals surface area contributed by atoms with Crippen LogP contribution >= 0.6 is 11.8 Å². The zero-order valence-electron chi connectivity index (χ0n) is 5.59. The molecule has 0 saturated carbocycles. The largest absolute Gasteiger partial charge is 0.312 e. The molecule has 0 fully saturated rings. The maximum absolute atomic E-state index is 8.15. The number of aliphatic imine (C=N–C) groups is 1. The second-order valence-electron chi connectivity index (χ2n) is 1.28. The molecule has 0 saturated heterocycles. The SMILES string of the molecule is CN=C(NC#N)SCC=N. The van der Waals surface area contributed by atoms with Gasteiger partial charge in [0.05, 0.1) is 0 Å².